The van der Waals surface area contributed by atoms with Gasteiger partial charge in [0.1, 0.15) is 0 Å². The standard InChI is InChI=1S/C19H27N3O3/c23-18(16-3-10-24-13-16)21-7-4-19(5-8-21)14-22(9-11-25-15-19)17-2-1-6-20-12-17/h1-2,6,12,16H,3-5,7-11,13-15H2. The van der Waals surface area contributed by atoms with Crippen LogP contribution < -0.4 is 4.90 Å². The fraction of sp³-hybridized carbons (Fsp3) is 0.684. The summed E-state index contributed by atoms with van der Waals surface area (Å²) in [6.07, 6.45) is 6.62. The highest BCUT2D eigenvalue weighted by atomic mass is 16.5. The molecule has 25 heavy (non-hydrogen) atoms. The highest BCUT2D eigenvalue weighted by Crippen LogP contribution is 2.36. The summed E-state index contributed by atoms with van der Waals surface area (Å²) in [7, 11) is 0. The Morgan fingerprint density at radius 2 is 2.08 bits per heavy atom. The predicted octanol–water partition coefficient (Wildman–Crippen LogP) is 1.56. The first-order chi connectivity index (χ1) is 12.3. The Balaban J connectivity index is 1.41. The number of aromatic nitrogens is 1. The zero-order valence-electron chi connectivity index (χ0n) is 14.7. The first kappa shape index (κ1) is 16.8. The Hall–Kier alpha value is -1.66. The molecule has 3 aliphatic heterocycles. The summed E-state index contributed by atoms with van der Waals surface area (Å²) in [5.74, 6) is 0.359. The highest BCUT2D eigenvalue weighted by Gasteiger charge is 2.40. The van der Waals surface area contributed by atoms with E-state index in [4.69, 9.17) is 9.47 Å². The van der Waals surface area contributed by atoms with Crippen LogP contribution in [0.2, 0.25) is 0 Å². The van der Waals surface area contributed by atoms with E-state index >= 15 is 0 Å². The van der Waals surface area contributed by atoms with Crippen LogP contribution in [0.4, 0.5) is 5.69 Å². The number of anilines is 1. The van der Waals surface area contributed by atoms with E-state index in [0.29, 0.717) is 6.61 Å². The molecule has 1 unspecified atom stereocenters. The third-order valence-electron chi connectivity index (χ3n) is 5.87. The molecule has 1 spiro atoms. The molecule has 0 radical (unpaired) electrons. The van der Waals surface area contributed by atoms with Crippen molar-refractivity contribution in [3.8, 4) is 0 Å². The number of rotatable bonds is 2. The summed E-state index contributed by atoms with van der Waals surface area (Å²) in [5, 5.41) is 0. The minimum atomic E-state index is 0.0753. The van der Waals surface area contributed by atoms with Crippen molar-refractivity contribution in [2.75, 3.05) is 57.5 Å². The van der Waals surface area contributed by atoms with E-state index in [0.717, 1.165) is 70.9 Å². The lowest BCUT2D eigenvalue weighted by Gasteiger charge is -2.43. The third kappa shape index (κ3) is 3.65. The Labute approximate surface area is 149 Å². The van der Waals surface area contributed by atoms with Crippen LogP contribution in [-0.4, -0.2) is 68.4 Å². The zero-order chi connectivity index (χ0) is 17.1. The van der Waals surface area contributed by atoms with Crippen molar-refractivity contribution in [1.82, 2.24) is 9.88 Å². The van der Waals surface area contributed by atoms with Gasteiger partial charge in [0.15, 0.2) is 0 Å². The molecule has 4 heterocycles. The fourth-order valence-corrected chi connectivity index (χ4v) is 4.25. The van der Waals surface area contributed by atoms with Gasteiger partial charge >= 0.3 is 0 Å². The van der Waals surface area contributed by atoms with Crippen molar-refractivity contribution < 1.29 is 14.3 Å². The minimum Gasteiger partial charge on any atom is -0.381 e. The predicted molar refractivity (Wildman–Crippen MR) is 94.4 cm³/mol. The molecule has 0 saturated carbocycles. The van der Waals surface area contributed by atoms with E-state index in [2.05, 4.69) is 16.0 Å². The summed E-state index contributed by atoms with van der Waals surface area (Å²) in [5.41, 5.74) is 1.30. The summed E-state index contributed by atoms with van der Waals surface area (Å²) >= 11 is 0. The van der Waals surface area contributed by atoms with Crippen molar-refractivity contribution in [1.29, 1.82) is 0 Å². The Bertz CT molecular complexity index is 581. The average Bonchev–Trinajstić information content (AvgIpc) is 3.12. The molecule has 0 aliphatic carbocycles. The van der Waals surface area contributed by atoms with Crippen LogP contribution in [0.25, 0.3) is 0 Å². The van der Waals surface area contributed by atoms with Gasteiger partial charge in [0.2, 0.25) is 5.91 Å². The van der Waals surface area contributed by atoms with Crippen molar-refractivity contribution in [2.24, 2.45) is 11.3 Å². The summed E-state index contributed by atoms with van der Waals surface area (Å²) in [6, 6.07) is 4.10. The lowest BCUT2D eigenvalue weighted by atomic mass is 9.78. The number of nitrogens with zero attached hydrogens (tertiary/aromatic N) is 3. The smallest absolute Gasteiger partial charge is 0.228 e. The van der Waals surface area contributed by atoms with Crippen LogP contribution in [0.5, 0.6) is 0 Å². The number of carbonyl (C=O) groups is 1. The maximum atomic E-state index is 12.6. The lowest BCUT2D eigenvalue weighted by Crippen LogP contribution is -2.50. The fourth-order valence-electron chi connectivity index (χ4n) is 4.25. The molecule has 136 valence electrons. The van der Waals surface area contributed by atoms with Gasteiger partial charge in [-0.25, -0.2) is 0 Å². The molecule has 0 bridgehead atoms. The molecule has 3 aliphatic rings. The third-order valence-corrected chi connectivity index (χ3v) is 5.87. The first-order valence-electron chi connectivity index (χ1n) is 9.35. The van der Waals surface area contributed by atoms with Crippen LogP contribution in [0.3, 0.4) is 0 Å². The van der Waals surface area contributed by atoms with Gasteiger partial charge < -0.3 is 19.3 Å². The number of hydrogen-bond donors (Lipinski definition) is 0. The molecular formula is C19H27N3O3. The van der Waals surface area contributed by atoms with E-state index in [-0.39, 0.29) is 17.2 Å². The lowest BCUT2D eigenvalue weighted by molar-refractivity contribution is -0.138. The van der Waals surface area contributed by atoms with Gasteiger partial charge in [-0.05, 0) is 31.4 Å². The van der Waals surface area contributed by atoms with Gasteiger partial charge in [0, 0.05) is 44.4 Å². The highest BCUT2D eigenvalue weighted by molar-refractivity contribution is 5.79. The van der Waals surface area contributed by atoms with Gasteiger partial charge in [-0.2, -0.15) is 0 Å². The van der Waals surface area contributed by atoms with Crippen molar-refractivity contribution >= 4 is 11.6 Å². The largest absolute Gasteiger partial charge is 0.381 e. The summed E-state index contributed by atoms with van der Waals surface area (Å²) in [6.45, 7) is 6.40. The number of piperidine rings is 1. The molecular weight excluding hydrogens is 318 g/mol. The van der Waals surface area contributed by atoms with Crippen LogP contribution >= 0.6 is 0 Å². The molecule has 0 aromatic carbocycles. The SMILES string of the molecule is O=C(C1CCOC1)N1CCC2(CC1)COCCN(c1cccnc1)C2. The second kappa shape index (κ2) is 7.30. The molecule has 0 N–H and O–H groups in total. The number of amides is 1. The van der Waals surface area contributed by atoms with Gasteiger partial charge in [0.05, 0.1) is 37.6 Å². The molecule has 1 atom stereocenters. The van der Waals surface area contributed by atoms with Crippen LogP contribution in [-0.2, 0) is 14.3 Å². The molecule has 4 rings (SSSR count). The molecule has 6 nitrogen and oxygen atoms in total. The number of hydrogen-bond acceptors (Lipinski definition) is 5. The second-order valence-corrected chi connectivity index (χ2v) is 7.57. The maximum Gasteiger partial charge on any atom is 0.228 e. The molecule has 1 aromatic heterocycles. The van der Waals surface area contributed by atoms with Crippen molar-refractivity contribution in [3.63, 3.8) is 0 Å². The first-order valence-corrected chi connectivity index (χ1v) is 9.35. The molecule has 3 saturated heterocycles. The van der Waals surface area contributed by atoms with Crippen LogP contribution in [0.15, 0.2) is 24.5 Å². The maximum absolute atomic E-state index is 12.6. The van der Waals surface area contributed by atoms with E-state index < -0.39 is 0 Å². The monoisotopic (exact) mass is 345 g/mol. The zero-order valence-corrected chi connectivity index (χ0v) is 14.7. The van der Waals surface area contributed by atoms with Crippen molar-refractivity contribution in [3.05, 3.63) is 24.5 Å². The Morgan fingerprint density at radius 1 is 1.20 bits per heavy atom. The van der Waals surface area contributed by atoms with Gasteiger partial charge in [0.25, 0.3) is 0 Å². The average molecular weight is 345 g/mol. The minimum absolute atomic E-state index is 0.0753. The van der Waals surface area contributed by atoms with E-state index in [1.165, 1.54) is 0 Å². The van der Waals surface area contributed by atoms with Gasteiger partial charge in [-0.15, -0.1) is 0 Å². The van der Waals surface area contributed by atoms with Crippen LogP contribution in [0.1, 0.15) is 19.3 Å². The molecule has 3 fully saturated rings. The van der Waals surface area contributed by atoms with Gasteiger partial charge in [-0.1, -0.05) is 0 Å². The molecule has 6 heteroatoms. The Morgan fingerprint density at radius 3 is 2.80 bits per heavy atom. The second-order valence-electron chi connectivity index (χ2n) is 7.57. The Kier molecular flexibility index (Phi) is 4.90. The van der Waals surface area contributed by atoms with E-state index in [1.54, 1.807) is 0 Å². The number of carbonyl (C=O) groups excluding carboxylic acids is 1. The van der Waals surface area contributed by atoms with E-state index in [1.807, 2.05) is 23.4 Å². The quantitative estimate of drug-likeness (QED) is 0.814. The number of ether oxygens (including phenoxy) is 2. The van der Waals surface area contributed by atoms with Crippen molar-refractivity contribution in [2.45, 2.75) is 19.3 Å². The number of likely N-dealkylation sites (tertiary alicyclic amines) is 1. The van der Waals surface area contributed by atoms with Gasteiger partial charge in [-0.3, -0.25) is 9.78 Å². The summed E-state index contributed by atoms with van der Waals surface area (Å²) in [4.78, 5) is 21.3. The summed E-state index contributed by atoms with van der Waals surface area (Å²) < 4.78 is 11.3. The molecule has 1 aromatic rings. The normalized spacial score (nSPS) is 26.6. The van der Waals surface area contributed by atoms with E-state index in [9.17, 15) is 4.79 Å². The topological polar surface area (TPSA) is 54.9 Å². The number of pyridine rings is 1. The molecule has 1 amide bonds. The van der Waals surface area contributed by atoms with Crippen LogP contribution in [0, 0.1) is 11.3 Å².